The van der Waals surface area contributed by atoms with Gasteiger partial charge in [-0.3, -0.25) is 4.79 Å². The Balaban J connectivity index is 1.71. The first-order valence-electron chi connectivity index (χ1n) is 8.75. The molecule has 25 heavy (non-hydrogen) atoms. The zero-order valence-corrected chi connectivity index (χ0v) is 15.4. The largest absolute Gasteiger partial charge is 0.495 e. The number of rotatable bonds is 2. The Morgan fingerprint density at radius 3 is 2.36 bits per heavy atom. The maximum atomic E-state index is 12.2. The number of methoxy groups -OCH3 is 1. The summed E-state index contributed by atoms with van der Waals surface area (Å²) in [6.45, 7) is 8.25. The van der Waals surface area contributed by atoms with Crippen molar-refractivity contribution in [1.82, 2.24) is 4.90 Å². The number of piperazine rings is 1. The molecule has 0 radical (unpaired) electrons. The van der Waals surface area contributed by atoms with E-state index in [1.807, 2.05) is 26.8 Å². The zero-order chi connectivity index (χ0) is 18.2. The van der Waals surface area contributed by atoms with Crippen LogP contribution < -0.4 is 9.64 Å². The summed E-state index contributed by atoms with van der Waals surface area (Å²) in [5.74, 6) is 0.911. The van der Waals surface area contributed by atoms with Crippen LogP contribution in [0.25, 0.3) is 0 Å². The Labute approximate surface area is 148 Å². The summed E-state index contributed by atoms with van der Waals surface area (Å²) in [7, 11) is 1.63. The van der Waals surface area contributed by atoms with Gasteiger partial charge in [0, 0.05) is 38.2 Å². The highest BCUT2D eigenvalue weighted by Gasteiger charge is 2.29. The topological polar surface area (TPSA) is 59.1 Å². The molecule has 6 nitrogen and oxygen atoms in total. The van der Waals surface area contributed by atoms with E-state index in [1.165, 1.54) is 0 Å². The number of benzene rings is 1. The van der Waals surface area contributed by atoms with Crippen LogP contribution in [-0.2, 0) is 11.2 Å². The molecule has 1 aliphatic heterocycles. The Hall–Kier alpha value is -2.24. The molecule has 0 spiro atoms. The molecule has 1 aromatic rings. The first kappa shape index (κ1) is 17.6. The van der Waals surface area contributed by atoms with Crippen LogP contribution in [-0.4, -0.2) is 55.7 Å². The molecule has 1 aromatic carbocycles. The van der Waals surface area contributed by atoms with Crippen molar-refractivity contribution in [2.24, 2.45) is 0 Å². The van der Waals surface area contributed by atoms with Crippen molar-refractivity contribution >= 4 is 17.6 Å². The molecule has 0 aromatic heterocycles. The number of fused-ring (bicyclic) bond motifs is 1. The first-order valence-corrected chi connectivity index (χ1v) is 8.75. The molecule has 0 bridgehead atoms. The van der Waals surface area contributed by atoms with Gasteiger partial charge in [-0.25, -0.2) is 4.79 Å². The first-order chi connectivity index (χ1) is 11.8. The molecule has 1 heterocycles. The van der Waals surface area contributed by atoms with Gasteiger partial charge in [-0.15, -0.1) is 0 Å². The van der Waals surface area contributed by atoms with Crippen molar-refractivity contribution in [3.05, 3.63) is 23.3 Å². The lowest BCUT2D eigenvalue weighted by molar-refractivity contribution is 0.0240. The Bertz CT molecular complexity index is 685. The summed E-state index contributed by atoms with van der Waals surface area (Å²) in [6.07, 6.45) is 1.11. The SMILES string of the molecule is COc1cc2c(cc1N1CCN(C(=O)OC(C)(C)C)CC1)CCC2=O. The van der Waals surface area contributed by atoms with E-state index in [-0.39, 0.29) is 11.9 Å². The number of nitrogens with zero attached hydrogens (tertiary/aromatic N) is 2. The van der Waals surface area contributed by atoms with Crippen molar-refractivity contribution in [2.75, 3.05) is 38.2 Å². The molecule has 1 amide bonds. The van der Waals surface area contributed by atoms with Crippen LogP contribution in [0.2, 0.25) is 0 Å². The van der Waals surface area contributed by atoms with Crippen LogP contribution in [0, 0.1) is 0 Å². The van der Waals surface area contributed by atoms with Crippen LogP contribution in [0.4, 0.5) is 10.5 Å². The minimum atomic E-state index is -0.482. The van der Waals surface area contributed by atoms with Crippen molar-refractivity contribution < 1.29 is 19.1 Å². The van der Waals surface area contributed by atoms with Crippen molar-refractivity contribution in [3.63, 3.8) is 0 Å². The Morgan fingerprint density at radius 1 is 1.08 bits per heavy atom. The van der Waals surface area contributed by atoms with Crippen LogP contribution in [0.1, 0.15) is 43.1 Å². The van der Waals surface area contributed by atoms with E-state index in [0.29, 0.717) is 32.6 Å². The Kier molecular flexibility index (Phi) is 4.62. The molecule has 0 atom stereocenters. The van der Waals surface area contributed by atoms with E-state index < -0.39 is 5.60 Å². The van der Waals surface area contributed by atoms with E-state index in [9.17, 15) is 9.59 Å². The number of anilines is 1. The zero-order valence-electron chi connectivity index (χ0n) is 15.4. The Morgan fingerprint density at radius 2 is 1.76 bits per heavy atom. The fraction of sp³-hybridized carbons (Fsp3) is 0.579. The van der Waals surface area contributed by atoms with Gasteiger partial charge in [0.1, 0.15) is 11.4 Å². The molecular formula is C19H26N2O4. The predicted molar refractivity (Wildman–Crippen MR) is 95.7 cm³/mol. The number of ketones is 1. The third-order valence-corrected chi connectivity index (χ3v) is 4.60. The molecule has 6 heteroatoms. The van der Waals surface area contributed by atoms with Crippen molar-refractivity contribution in [2.45, 2.75) is 39.2 Å². The standard InChI is InChI=1S/C19H26N2O4/c1-19(2,3)25-18(23)21-9-7-20(8-10-21)15-11-13-5-6-16(22)14(13)12-17(15)24-4/h11-12H,5-10H2,1-4H3. The number of aryl methyl sites for hydroxylation is 1. The highest BCUT2D eigenvalue weighted by Crippen LogP contribution is 2.36. The number of ether oxygens (including phenoxy) is 2. The maximum absolute atomic E-state index is 12.2. The second-order valence-corrected chi connectivity index (χ2v) is 7.56. The lowest BCUT2D eigenvalue weighted by Crippen LogP contribution is -2.50. The molecule has 0 N–H and O–H groups in total. The number of hydrogen-bond acceptors (Lipinski definition) is 5. The minimum absolute atomic E-state index is 0.189. The quantitative estimate of drug-likeness (QED) is 0.824. The van der Waals surface area contributed by atoms with Crippen LogP contribution >= 0.6 is 0 Å². The highest BCUT2D eigenvalue weighted by molar-refractivity contribution is 6.01. The van der Waals surface area contributed by atoms with Crippen LogP contribution in [0.15, 0.2) is 12.1 Å². The second kappa shape index (κ2) is 6.58. The lowest BCUT2D eigenvalue weighted by Gasteiger charge is -2.37. The summed E-state index contributed by atoms with van der Waals surface area (Å²) in [4.78, 5) is 28.1. The fourth-order valence-electron chi connectivity index (χ4n) is 3.33. The predicted octanol–water partition coefficient (Wildman–Crippen LogP) is 2.88. The number of hydrogen-bond donors (Lipinski definition) is 0. The molecular weight excluding hydrogens is 320 g/mol. The van der Waals surface area contributed by atoms with E-state index >= 15 is 0 Å². The molecule has 1 aliphatic carbocycles. The number of carbonyl (C=O) groups is 2. The molecule has 136 valence electrons. The molecule has 0 unspecified atom stereocenters. The summed E-state index contributed by atoms with van der Waals surface area (Å²) in [6, 6.07) is 3.93. The number of amides is 1. The van der Waals surface area contributed by atoms with E-state index in [2.05, 4.69) is 11.0 Å². The minimum Gasteiger partial charge on any atom is -0.495 e. The number of Topliss-reactive ketones (excluding diaryl/α,β-unsaturated/α-hetero) is 1. The fourth-order valence-corrected chi connectivity index (χ4v) is 3.33. The van der Waals surface area contributed by atoms with Gasteiger partial charge in [0.05, 0.1) is 12.8 Å². The summed E-state index contributed by atoms with van der Waals surface area (Å²) < 4.78 is 11.0. The van der Waals surface area contributed by atoms with Crippen LogP contribution in [0.3, 0.4) is 0 Å². The van der Waals surface area contributed by atoms with Gasteiger partial charge in [-0.2, -0.15) is 0 Å². The monoisotopic (exact) mass is 346 g/mol. The maximum Gasteiger partial charge on any atom is 0.410 e. The van der Waals surface area contributed by atoms with E-state index in [0.717, 1.165) is 29.0 Å². The average Bonchev–Trinajstić information content (AvgIpc) is 2.92. The summed E-state index contributed by atoms with van der Waals surface area (Å²) in [5.41, 5.74) is 2.40. The van der Waals surface area contributed by atoms with Gasteiger partial charge >= 0.3 is 6.09 Å². The van der Waals surface area contributed by atoms with E-state index in [1.54, 1.807) is 12.0 Å². The third-order valence-electron chi connectivity index (χ3n) is 4.60. The molecule has 1 fully saturated rings. The van der Waals surface area contributed by atoms with Gasteiger partial charge in [0.25, 0.3) is 0 Å². The lowest BCUT2D eigenvalue weighted by atomic mass is 10.1. The van der Waals surface area contributed by atoms with E-state index in [4.69, 9.17) is 9.47 Å². The van der Waals surface area contributed by atoms with Gasteiger partial charge in [-0.1, -0.05) is 0 Å². The number of carbonyl (C=O) groups excluding carboxylic acids is 2. The summed E-state index contributed by atoms with van der Waals surface area (Å²) in [5, 5.41) is 0. The third kappa shape index (κ3) is 3.72. The molecule has 0 saturated carbocycles. The van der Waals surface area contributed by atoms with Crippen molar-refractivity contribution in [3.8, 4) is 5.75 Å². The van der Waals surface area contributed by atoms with Crippen LogP contribution in [0.5, 0.6) is 5.75 Å². The molecule has 1 saturated heterocycles. The summed E-state index contributed by atoms with van der Waals surface area (Å²) >= 11 is 0. The van der Waals surface area contributed by atoms with Gasteiger partial charge in [0.15, 0.2) is 5.78 Å². The van der Waals surface area contributed by atoms with Gasteiger partial charge in [-0.05, 0) is 44.9 Å². The second-order valence-electron chi connectivity index (χ2n) is 7.56. The molecule has 3 rings (SSSR count). The van der Waals surface area contributed by atoms with Crippen molar-refractivity contribution in [1.29, 1.82) is 0 Å². The highest BCUT2D eigenvalue weighted by atomic mass is 16.6. The van der Waals surface area contributed by atoms with Gasteiger partial charge in [0.2, 0.25) is 0 Å². The molecule has 2 aliphatic rings. The normalized spacial score (nSPS) is 17.5. The smallest absolute Gasteiger partial charge is 0.410 e. The van der Waals surface area contributed by atoms with Gasteiger partial charge < -0.3 is 19.3 Å². The average molecular weight is 346 g/mol.